The molecule has 4 N–H and O–H groups in total. The molecule has 0 unspecified atom stereocenters. The highest BCUT2D eigenvalue weighted by molar-refractivity contribution is 6.02. The molecule has 0 radical (unpaired) electrons. The molecule has 4 rings (SSSR count). The summed E-state index contributed by atoms with van der Waals surface area (Å²) in [4.78, 5) is 35.4. The summed E-state index contributed by atoms with van der Waals surface area (Å²) in [6.45, 7) is 0.946. The Labute approximate surface area is 161 Å². The third kappa shape index (κ3) is 3.45. The fourth-order valence-electron chi connectivity index (χ4n) is 3.02. The van der Waals surface area contributed by atoms with Gasteiger partial charge in [0.05, 0.1) is 5.69 Å². The molecule has 0 spiro atoms. The normalized spacial score (nSPS) is 17.5. The molecule has 9 heteroatoms. The number of nitrogens with one attached hydrogen (secondary N) is 1. The highest BCUT2D eigenvalue weighted by Crippen LogP contribution is 2.23. The lowest BCUT2D eigenvalue weighted by atomic mass is 10.2. The van der Waals surface area contributed by atoms with E-state index in [1.54, 1.807) is 31.3 Å². The summed E-state index contributed by atoms with van der Waals surface area (Å²) in [5, 5.41) is 15.6. The van der Waals surface area contributed by atoms with Gasteiger partial charge in [-0.3, -0.25) is 14.4 Å². The number of terminal acetylenes is 1. The van der Waals surface area contributed by atoms with Crippen molar-refractivity contribution in [2.75, 3.05) is 13.6 Å². The van der Waals surface area contributed by atoms with Gasteiger partial charge in [-0.15, -0.1) is 6.42 Å². The van der Waals surface area contributed by atoms with Gasteiger partial charge in [-0.25, -0.2) is 4.68 Å². The SMILES string of the molecule is C#Cc1cccc(-n2nc(C(N)=O)c3c2C(=O)NC3)c1.CN1CC[C@@H](O)C1=O. The van der Waals surface area contributed by atoms with E-state index in [2.05, 4.69) is 16.3 Å². The van der Waals surface area contributed by atoms with Crippen molar-refractivity contribution in [2.24, 2.45) is 5.73 Å². The Bertz CT molecular complexity index is 992. The van der Waals surface area contributed by atoms with Crippen molar-refractivity contribution in [1.82, 2.24) is 20.0 Å². The number of benzene rings is 1. The van der Waals surface area contributed by atoms with Crippen molar-refractivity contribution in [3.63, 3.8) is 0 Å². The van der Waals surface area contributed by atoms with Crippen molar-refractivity contribution in [3.05, 3.63) is 46.8 Å². The number of rotatable bonds is 2. The molecule has 1 aromatic carbocycles. The van der Waals surface area contributed by atoms with Crippen LogP contribution in [0.25, 0.3) is 5.69 Å². The van der Waals surface area contributed by atoms with E-state index in [1.807, 2.05) is 0 Å². The molecule has 0 saturated carbocycles. The molecule has 0 aliphatic carbocycles. The number of likely N-dealkylation sites (tertiary alicyclic amines) is 1. The lowest BCUT2D eigenvalue weighted by Crippen LogP contribution is -2.24. The molecule has 1 aromatic heterocycles. The van der Waals surface area contributed by atoms with Crippen LogP contribution in [0.1, 0.15) is 38.5 Å². The number of nitrogens with two attached hydrogens (primary N) is 1. The summed E-state index contributed by atoms with van der Waals surface area (Å²) in [6, 6.07) is 6.99. The first-order valence-corrected chi connectivity index (χ1v) is 8.53. The molecule has 0 bridgehead atoms. The number of fused-ring (bicyclic) bond motifs is 1. The van der Waals surface area contributed by atoms with Gasteiger partial charge in [-0.05, 0) is 24.6 Å². The molecule has 1 fully saturated rings. The predicted molar refractivity (Wildman–Crippen MR) is 99.4 cm³/mol. The summed E-state index contributed by atoms with van der Waals surface area (Å²) in [5.74, 6) is 1.42. The van der Waals surface area contributed by atoms with Gasteiger partial charge in [0, 0.05) is 31.3 Å². The lowest BCUT2D eigenvalue weighted by Gasteiger charge is -2.05. The zero-order chi connectivity index (χ0) is 20.4. The van der Waals surface area contributed by atoms with Gasteiger partial charge >= 0.3 is 0 Å². The summed E-state index contributed by atoms with van der Waals surface area (Å²) in [5.41, 5.74) is 7.51. The summed E-state index contributed by atoms with van der Waals surface area (Å²) in [6.07, 6.45) is 5.23. The molecule has 28 heavy (non-hydrogen) atoms. The van der Waals surface area contributed by atoms with Crippen molar-refractivity contribution in [2.45, 2.75) is 19.1 Å². The molecule has 2 aromatic rings. The predicted octanol–water partition coefficient (Wildman–Crippen LogP) is -0.595. The average molecular weight is 381 g/mol. The standard InChI is InChI=1S/C14H10N4O2.C5H9NO2/c1-2-8-4-3-5-9(6-8)18-12-10(7-16-14(12)20)11(17-18)13(15)19;1-6-3-2-4(7)5(6)8/h1,3-6H,7H2,(H2,15,19)(H,16,20);4,7H,2-3H2,1H3/t;4-/m.1/s1. The molecular formula is C19H19N5O4. The van der Waals surface area contributed by atoms with Crippen LogP contribution < -0.4 is 11.1 Å². The highest BCUT2D eigenvalue weighted by Gasteiger charge is 2.31. The minimum absolute atomic E-state index is 0.101. The maximum Gasteiger partial charge on any atom is 0.270 e. The largest absolute Gasteiger partial charge is 0.383 e. The minimum Gasteiger partial charge on any atom is -0.383 e. The third-order valence-corrected chi connectivity index (χ3v) is 4.51. The molecule has 1 atom stereocenters. The Kier molecular flexibility index (Phi) is 5.15. The zero-order valence-corrected chi connectivity index (χ0v) is 15.2. The van der Waals surface area contributed by atoms with Gasteiger partial charge in [0.25, 0.3) is 17.7 Å². The Morgan fingerprint density at radius 3 is 2.71 bits per heavy atom. The number of amides is 3. The molecule has 2 aliphatic heterocycles. The minimum atomic E-state index is -0.722. The van der Waals surface area contributed by atoms with Gasteiger partial charge in [-0.2, -0.15) is 5.10 Å². The first kappa shape index (κ1) is 19.1. The van der Waals surface area contributed by atoms with E-state index < -0.39 is 12.0 Å². The van der Waals surface area contributed by atoms with Crippen molar-refractivity contribution < 1.29 is 19.5 Å². The summed E-state index contributed by atoms with van der Waals surface area (Å²) < 4.78 is 1.40. The fourth-order valence-corrected chi connectivity index (χ4v) is 3.02. The maximum absolute atomic E-state index is 11.9. The van der Waals surface area contributed by atoms with Crippen LogP contribution in [0.3, 0.4) is 0 Å². The Balaban J connectivity index is 0.000000236. The van der Waals surface area contributed by atoms with Gasteiger partial charge in [0.15, 0.2) is 5.69 Å². The van der Waals surface area contributed by atoms with Crippen LogP contribution in [0, 0.1) is 12.3 Å². The van der Waals surface area contributed by atoms with E-state index in [0.29, 0.717) is 35.5 Å². The zero-order valence-electron chi connectivity index (χ0n) is 15.2. The number of carbonyl (C=O) groups excluding carboxylic acids is 3. The van der Waals surface area contributed by atoms with E-state index >= 15 is 0 Å². The van der Waals surface area contributed by atoms with Crippen molar-refractivity contribution >= 4 is 17.7 Å². The summed E-state index contributed by atoms with van der Waals surface area (Å²) in [7, 11) is 1.69. The van der Waals surface area contributed by atoms with Crippen LogP contribution in [0.15, 0.2) is 24.3 Å². The number of aromatic nitrogens is 2. The second-order valence-corrected chi connectivity index (χ2v) is 6.39. The van der Waals surface area contributed by atoms with Crippen LogP contribution in [-0.4, -0.2) is 57.2 Å². The molecule has 1 saturated heterocycles. The van der Waals surface area contributed by atoms with Gasteiger partial charge in [0.1, 0.15) is 11.8 Å². The number of carbonyl (C=O) groups is 3. The van der Waals surface area contributed by atoms with Crippen LogP contribution in [0.5, 0.6) is 0 Å². The second kappa shape index (κ2) is 7.54. The Morgan fingerprint density at radius 1 is 1.43 bits per heavy atom. The molecule has 144 valence electrons. The number of nitrogens with zero attached hydrogens (tertiary/aromatic N) is 3. The number of hydrogen-bond acceptors (Lipinski definition) is 5. The monoisotopic (exact) mass is 381 g/mol. The number of hydrogen-bond donors (Lipinski definition) is 3. The third-order valence-electron chi connectivity index (χ3n) is 4.51. The Morgan fingerprint density at radius 2 is 2.18 bits per heavy atom. The van der Waals surface area contributed by atoms with Gasteiger partial charge < -0.3 is 21.1 Å². The van der Waals surface area contributed by atoms with Gasteiger partial charge in [-0.1, -0.05) is 12.0 Å². The summed E-state index contributed by atoms with van der Waals surface area (Å²) >= 11 is 0. The quantitative estimate of drug-likeness (QED) is 0.598. The second-order valence-electron chi connectivity index (χ2n) is 6.39. The van der Waals surface area contributed by atoms with Crippen LogP contribution in [-0.2, 0) is 11.3 Å². The topological polar surface area (TPSA) is 131 Å². The highest BCUT2D eigenvalue weighted by atomic mass is 16.3. The van der Waals surface area contributed by atoms with E-state index in [0.717, 1.165) is 0 Å². The molecule has 3 heterocycles. The smallest absolute Gasteiger partial charge is 0.270 e. The van der Waals surface area contributed by atoms with E-state index in [4.69, 9.17) is 17.3 Å². The van der Waals surface area contributed by atoms with Crippen LogP contribution >= 0.6 is 0 Å². The van der Waals surface area contributed by atoms with Crippen LogP contribution in [0.2, 0.25) is 0 Å². The van der Waals surface area contributed by atoms with Gasteiger partial charge in [0.2, 0.25) is 0 Å². The first-order valence-electron chi connectivity index (χ1n) is 8.53. The van der Waals surface area contributed by atoms with Crippen LogP contribution in [0.4, 0.5) is 0 Å². The molecule has 2 aliphatic rings. The average Bonchev–Trinajstić information content (AvgIpc) is 3.34. The number of aliphatic hydroxyl groups is 1. The van der Waals surface area contributed by atoms with Crippen molar-refractivity contribution in [1.29, 1.82) is 0 Å². The molecule has 9 nitrogen and oxygen atoms in total. The fraction of sp³-hybridized carbons (Fsp3) is 0.263. The number of aliphatic hydroxyl groups excluding tert-OH is 1. The Hall–Kier alpha value is -3.64. The molecule has 3 amide bonds. The van der Waals surface area contributed by atoms with Crippen molar-refractivity contribution in [3.8, 4) is 18.0 Å². The maximum atomic E-state index is 11.9. The van der Waals surface area contributed by atoms with E-state index in [-0.39, 0.29) is 24.1 Å². The number of likely N-dealkylation sites (N-methyl/N-ethyl adjacent to an activating group) is 1. The number of primary amides is 1. The van der Waals surface area contributed by atoms with E-state index in [1.165, 1.54) is 9.58 Å². The lowest BCUT2D eigenvalue weighted by molar-refractivity contribution is -0.133. The van der Waals surface area contributed by atoms with E-state index in [9.17, 15) is 14.4 Å². The molecular weight excluding hydrogens is 362 g/mol. The first-order chi connectivity index (χ1) is 13.3.